The molecular formula is C13H17NO5S2. The molecule has 2 heterocycles. The van der Waals surface area contributed by atoms with Gasteiger partial charge in [0, 0.05) is 5.75 Å². The number of ether oxygens (including phenoxy) is 1. The Kier molecular flexibility index (Phi) is 5.37. The van der Waals surface area contributed by atoms with E-state index in [1.807, 2.05) is 0 Å². The summed E-state index contributed by atoms with van der Waals surface area (Å²) in [7, 11) is 0. The Morgan fingerprint density at radius 2 is 2.38 bits per heavy atom. The molecule has 0 radical (unpaired) electrons. The highest BCUT2D eigenvalue weighted by molar-refractivity contribution is 8.22. The Balaban J connectivity index is 2.20. The molecule has 0 aromatic rings. The number of β-lactam (4-membered cyclic amide) rings is 1. The van der Waals surface area contributed by atoms with Crippen LogP contribution >= 0.6 is 23.5 Å². The molecule has 2 rings (SSSR count). The summed E-state index contributed by atoms with van der Waals surface area (Å²) in [5, 5.41) is 18.3. The Morgan fingerprint density at radius 3 is 2.95 bits per heavy atom. The number of hydrogen-bond donors (Lipinski definition) is 2. The Bertz CT molecular complexity index is 491. The van der Waals surface area contributed by atoms with E-state index in [-0.39, 0.29) is 30.2 Å². The zero-order valence-corrected chi connectivity index (χ0v) is 13.2. The fraction of sp³-hybridized carbons (Fsp3) is 0.538. The number of thioether (sulfide) groups is 2. The topological polar surface area (TPSA) is 87.1 Å². The van der Waals surface area contributed by atoms with Gasteiger partial charge in [0.25, 0.3) is 0 Å². The summed E-state index contributed by atoms with van der Waals surface area (Å²) in [5.74, 6) is -0.936. The maximum atomic E-state index is 12.1. The van der Waals surface area contributed by atoms with Crippen LogP contribution in [-0.2, 0) is 14.3 Å². The summed E-state index contributed by atoms with van der Waals surface area (Å²) in [6.45, 7) is 5.08. The molecule has 0 aromatic carbocycles. The number of hydrogen-bond acceptors (Lipinski definition) is 7. The summed E-state index contributed by atoms with van der Waals surface area (Å²) in [6, 6.07) is 0. The lowest BCUT2D eigenvalue weighted by Gasteiger charge is -2.43. The normalized spacial score (nSPS) is 25.5. The first-order valence-corrected chi connectivity index (χ1v) is 8.33. The molecule has 21 heavy (non-hydrogen) atoms. The van der Waals surface area contributed by atoms with Crippen molar-refractivity contribution in [3.8, 4) is 0 Å². The quantitative estimate of drug-likeness (QED) is 0.399. The van der Waals surface area contributed by atoms with Gasteiger partial charge in [-0.15, -0.1) is 11.8 Å². The van der Waals surface area contributed by atoms with Crippen LogP contribution in [0.1, 0.15) is 6.92 Å². The number of nitrogens with zero attached hydrogens (tertiary/aromatic N) is 1. The van der Waals surface area contributed by atoms with Crippen LogP contribution in [0.2, 0.25) is 0 Å². The Labute approximate surface area is 131 Å². The number of fused-ring (bicyclic) bond motifs is 1. The van der Waals surface area contributed by atoms with Gasteiger partial charge < -0.3 is 14.9 Å². The lowest BCUT2D eigenvalue weighted by atomic mass is 9.92. The predicted octanol–water partition coefficient (Wildman–Crippen LogP) is 0.522. The van der Waals surface area contributed by atoms with Gasteiger partial charge in [0.05, 0.1) is 22.9 Å². The van der Waals surface area contributed by atoms with E-state index in [0.717, 1.165) is 0 Å². The number of aliphatic hydroxyl groups is 2. The van der Waals surface area contributed by atoms with Gasteiger partial charge in [-0.2, -0.15) is 0 Å². The van der Waals surface area contributed by atoms with Crippen LogP contribution in [0.3, 0.4) is 0 Å². The Hall–Kier alpha value is -0.960. The standard InChI is InChI=1S/C13H17NO5S2/c1-3-5-19-12(18)9-13(20-6-4-15)21-11-8(7(2)16)10(17)14(9)11/h3,7-8,11,15-16H,1,4-6H2,2H3/t7?,8-,11-/m1/s1. The fourth-order valence-electron chi connectivity index (χ4n) is 2.18. The zero-order chi connectivity index (χ0) is 15.6. The predicted molar refractivity (Wildman–Crippen MR) is 81.1 cm³/mol. The molecule has 0 aromatic heterocycles. The highest BCUT2D eigenvalue weighted by Gasteiger charge is 2.57. The molecule has 0 bridgehead atoms. The van der Waals surface area contributed by atoms with Crippen molar-refractivity contribution >= 4 is 35.4 Å². The van der Waals surface area contributed by atoms with Crippen molar-refractivity contribution in [2.45, 2.75) is 18.4 Å². The maximum absolute atomic E-state index is 12.1. The van der Waals surface area contributed by atoms with Crippen molar-refractivity contribution < 1.29 is 24.5 Å². The van der Waals surface area contributed by atoms with Crippen LogP contribution in [0.25, 0.3) is 0 Å². The van der Waals surface area contributed by atoms with E-state index in [0.29, 0.717) is 9.99 Å². The summed E-state index contributed by atoms with van der Waals surface area (Å²) < 4.78 is 5.67. The number of carbonyl (C=O) groups excluding carboxylic acids is 2. The SMILES string of the molecule is C=CCOC(=O)C1=C(SCCO)S[C@@H]2[C@H](C(C)O)C(=O)N12. The molecule has 3 atom stereocenters. The third-order valence-corrected chi connectivity index (χ3v) is 5.75. The summed E-state index contributed by atoms with van der Waals surface area (Å²) in [4.78, 5) is 25.6. The van der Waals surface area contributed by atoms with Crippen molar-refractivity contribution in [2.24, 2.45) is 5.92 Å². The van der Waals surface area contributed by atoms with Gasteiger partial charge in [0.1, 0.15) is 12.0 Å². The molecule has 6 nitrogen and oxygen atoms in total. The molecule has 1 saturated heterocycles. The van der Waals surface area contributed by atoms with Gasteiger partial charge in [0.2, 0.25) is 5.91 Å². The molecule has 0 aliphatic carbocycles. The van der Waals surface area contributed by atoms with Gasteiger partial charge >= 0.3 is 5.97 Å². The molecule has 1 fully saturated rings. The average molecular weight is 331 g/mol. The highest BCUT2D eigenvalue weighted by Crippen LogP contribution is 2.53. The summed E-state index contributed by atoms with van der Waals surface area (Å²) >= 11 is 2.67. The second-order valence-electron chi connectivity index (χ2n) is 4.58. The average Bonchev–Trinajstić information content (AvgIpc) is 2.76. The molecule has 2 aliphatic heterocycles. The number of rotatable bonds is 7. The fourth-order valence-corrected chi connectivity index (χ4v) is 4.91. The summed E-state index contributed by atoms with van der Waals surface area (Å²) in [5.41, 5.74) is 0.215. The van der Waals surface area contributed by atoms with Crippen molar-refractivity contribution in [1.29, 1.82) is 0 Å². The minimum absolute atomic E-state index is 0.0256. The van der Waals surface area contributed by atoms with Crippen LogP contribution in [0.15, 0.2) is 22.6 Å². The molecule has 1 amide bonds. The van der Waals surface area contributed by atoms with Gasteiger partial charge in [-0.05, 0) is 6.92 Å². The number of aliphatic hydroxyl groups excluding tert-OH is 2. The lowest BCUT2D eigenvalue weighted by Crippen LogP contribution is -2.60. The largest absolute Gasteiger partial charge is 0.457 e. The van der Waals surface area contributed by atoms with Gasteiger partial charge in [0.15, 0.2) is 5.70 Å². The summed E-state index contributed by atoms with van der Waals surface area (Å²) in [6.07, 6.45) is 0.689. The van der Waals surface area contributed by atoms with Gasteiger partial charge in [-0.1, -0.05) is 24.4 Å². The maximum Gasteiger partial charge on any atom is 0.357 e. The van der Waals surface area contributed by atoms with E-state index in [1.54, 1.807) is 6.92 Å². The van der Waals surface area contributed by atoms with Crippen LogP contribution in [0.4, 0.5) is 0 Å². The molecule has 0 spiro atoms. The second-order valence-corrected chi connectivity index (χ2v) is 7.07. The van der Waals surface area contributed by atoms with Gasteiger partial charge in [-0.25, -0.2) is 4.79 Å². The second kappa shape index (κ2) is 6.87. The first-order chi connectivity index (χ1) is 10.0. The number of amides is 1. The van der Waals surface area contributed by atoms with E-state index in [2.05, 4.69) is 6.58 Å². The third-order valence-electron chi connectivity index (χ3n) is 3.12. The molecule has 116 valence electrons. The molecular weight excluding hydrogens is 314 g/mol. The Morgan fingerprint density at radius 1 is 1.67 bits per heavy atom. The van der Waals surface area contributed by atoms with E-state index in [1.165, 1.54) is 34.5 Å². The first-order valence-electron chi connectivity index (χ1n) is 6.46. The molecule has 2 N–H and O–H groups in total. The van der Waals surface area contributed by atoms with Crippen LogP contribution < -0.4 is 0 Å². The minimum Gasteiger partial charge on any atom is -0.457 e. The smallest absolute Gasteiger partial charge is 0.357 e. The highest BCUT2D eigenvalue weighted by atomic mass is 32.2. The third kappa shape index (κ3) is 2.98. The first kappa shape index (κ1) is 16.4. The van der Waals surface area contributed by atoms with Crippen molar-refractivity contribution in [2.75, 3.05) is 19.0 Å². The van der Waals surface area contributed by atoms with E-state index < -0.39 is 18.0 Å². The minimum atomic E-state index is -0.765. The zero-order valence-electron chi connectivity index (χ0n) is 11.5. The van der Waals surface area contributed by atoms with Crippen LogP contribution in [0.5, 0.6) is 0 Å². The van der Waals surface area contributed by atoms with E-state index in [4.69, 9.17) is 9.84 Å². The van der Waals surface area contributed by atoms with E-state index in [9.17, 15) is 14.7 Å². The van der Waals surface area contributed by atoms with Crippen LogP contribution in [0, 0.1) is 5.92 Å². The van der Waals surface area contributed by atoms with Crippen molar-refractivity contribution in [3.05, 3.63) is 22.6 Å². The molecule has 2 aliphatic rings. The monoisotopic (exact) mass is 331 g/mol. The molecule has 8 heteroatoms. The van der Waals surface area contributed by atoms with Gasteiger partial charge in [-0.3, -0.25) is 9.69 Å². The lowest BCUT2D eigenvalue weighted by molar-refractivity contribution is -0.157. The molecule has 0 saturated carbocycles. The number of carbonyl (C=O) groups is 2. The van der Waals surface area contributed by atoms with Crippen molar-refractivity contribution in [1.82, 2.24) is 4.90 Å². The van der Waals surface area contributed by atoms with E-state index >= 15 is 0 Å². The molecule has 1 unspecified atom stereocenters. The number of esters is 1. The van der Waals surface area contributed by atoms with Crippen LogP contribution in [-0.4, -0.2) is 57.4 Å². The van der Waals surface area contributed by atoms with Crippen molar-refractivity contribution in [3.63, 3.8) is 0 Å².